The van der Waals surface area contributed by atoms with Crippen LogP contribution in [-0.2, 0) is 10.2 Å². The minimum atomic E-state index is 0.244. The Morgan fingerprint density at radius 2 is 2.05 bits per heavy atom. The van der Waals surface area contributed by atoms with Gasteiger partial charge in [-0.2, -0.15) is 0 Å². The van der Waals surface area contributed by atoms with Crippen molar-refractivity contribution < 1.29 is 4.74 Å². The predicted molar refractivity (Wildman–Crippen MR) is 78.4 cm³/mol. The summed E-state index contributed by atoms with van der Waals surface area (Å²) in [4.78, 5) is 0. The van der Waals surface area contributed by atoms with Crippen LogP contribution in [0.25, 0.3) is 0 Å². The molecule has 3 rings (SSSR count). The van der Waals surface area contributed by atoms with E-state index in [0.717, 1.165) is 19.8 Å². The van der Waals surface area contributed by atoms with Crippen molar-refractivity contribution in [1.82, 2.24) is 0 Å². The van der Waals surface area contributed by atoms with Crippen molar-refractivity contribution in [2.24, 2.45) is 5.73 Å². The van der Waals surface area contributed by atoms with Gasteiger partial charge in [-0.15, -0.1) is 0 Å². The first-order chi connectivity index (χ1) is 9.34. The molecule has 1 heterocycles. The summed E-state index contributed by atoms with van der Waals surface area (Å²) in [6, 6.07) is 9.18. The van der Waals surface area contributed by atoms with Crippen molar-refractivity contribution in [2.45, 2.75) is 49.9 Å². The first kappa shape index (κ1) is 13.1. The number of ether oxygens (including phenoxy) is 1. The minimum Gasteiger partial charge on any atom is -0.381 e. The first-order valence-electron chi connectivity index (χ1n) is 7.72. The largest absolute Gasteiger partial charge is 0.381 e. The Balaban J connectivity index is 1.88. The number of hydrogen-bond acceptors (Lipinski definition) is 2. The molecular formula is C17H25NO. The van der Waals surface area contributed by atoms with Crippen LogP contribution in [0.3, 0.4) is 0 Å². The van der Waals surface area contributed by atoms with E-state index in [1.165, 1.54) is 49.7 Å². The van der Waals surface area contributed by atoms with E-state index >= 15 is 0 Å². The molecule has 0 bridgehead atoms. The Hall–Kier alpha value is -0.860. The normalized spacial score (nSPS) is 26.5. The molecule has 1 aromatic rings. The number of benzene rings is 1. The Morgan fingerprint density at radius 3 is 2.74 bits per heavy atom. The highest BCUT2D eigenvalue weighted by molar-refractivity contribution is 5.33. The van der Waals surface area contributed by atoms with E-state index in [9.17, 15) is 0 Å². The van der Waals surface area contributed by atoms with E-state index in [4.69, 9.17) is 10.5 Å². The lowest BCUT2D eigenvalue weighted by Crippen LogP contribution is -2.37. The highest BCUT2D eigenvalue weighted by atomic mass is 16.5. The van der Waals surface area contributed by atoms with Crippen LogP contribution in [0.1, 0.15) is 55.6 Å². The van der Waals surface area contributed by atoms with Gasteiger partial charge >= 0.3 is 0 Å². The van der Waals surface area contributed by atoms with Gasteiger partial charge in [-0.05, 0) is 30.4 Å². The Kier molecular flexibility index (Phi) is 3.90. The Labute approximate surface area is 116 Å². The molecule has 1 atom stereocenters. The van der Waals surface area contributed by atoms with E-state index in [0.29, 0.717) is 5.92 Å². The summed E-state index contributed by atoms with van der Waals surface area (Å²) in [6.07, 6.45) is 7.71. The molecule has 1 aliphatic carbocycles. The predicted octanol–water partition coefficient (Wildman–Crippen LogP) is 3.35. The molecular weight excluding hydrogens is 234 g/mol. The zero-order valence-corrected chi connectivity index (χ0v) is 11.7. The molecule has 2 heteroatoms. The molecule has 0 aromatic heterocycles. The van der Waals surface area contributed by atoms with Gasteiger partial charge < -0.3 is 10.5 Å². The molecule has 104 valence electrons. The SMILES string of the molecule is NCC1(c2cccc(C3CCOC3)c2)CCCCC1. The maximum Gasteiger partial charge on any atom is 0.0535 e. The van der Waals surface area contributed by atoms with Crippen molar-refractivity contribution in [1.29, 1.82) is 0 Å². The van der Waals surface area contributed by atoms with Gasteiger partial charge in [-0.1, -0.05) is 43.5 Å². The van der Waals surface area contributed by atoms with Crippen LogP contribution in [0.4, 0.5) is 0 Å². The third kappa shape index (κ3) is 2.56. The fraction of sp³-hybridized carbons (Fsp3) is 0.647. The molecule has 2 N–H and O–H groups in total. The Morgan fingerprint density at radius 1 is 1.21 bits per heavy atom. The molecule has 1 saturated heterocycles. The smallest absolute Gasteiger partial charge is 0.0535 e. The molecule has 0 radical (unpaired) electrons. The van der Waals surface area contributed by atoms with Gasteiger partial charge in [0.05, 0.1) is 6.61 Å². The van der Waals surface area contributed by atoms with Crippen LogP contribution in [0.5, 0.6) is 0 Å². The van der Waals surface area contributed by atoms with E-state index < -0.39 is 0 Å². The summed E-state index contributed by atoms with van der Waals surface area (Å²) in [5.74, 6) is 0.596. The quantitative estimate of drug-likeness (QED) is 0.903. The molecule has 1 unspecified atom stereocenters. The molecule has 2 aliphatic rings. The van der Waals surface area contributed by atoms with Gasteiger partial charge in [0, 0.05) is 24.5 Å². The molecule has 1 aromatic carbocycles. The molecule has 19 heavy (non-hydrogen) atoms. The van der Waals surface area contributed by atoms with Gasteiger partial charge in [0.2, 0.25) is 0 Å². The van der Waals surface area contributed by atoms with E-state index in [1.54, 1.807) is 0 Å². The Bertz CT molecular complexity index is 417. The van der Waals surface area contributed by atoms with E-state index in [1.807, 2.05) is 0 Å². The van der Waals surface area contributed by atoms with E-state index in [2.05, 4.69) is 24.3 Å². The van der Waals surface area contributed by atoms with Crippen LogP contribution in [0.15, 0.2) is 24.3 Å². The summed E-state index contributed by atoms with van der Waals surface area (Å²) in [7, 11) is 0. The van der Waals surface area contributed by atoms with Gasteiger partial charge in [0.1, 0.15) is 0 Å². The summed E-state index contributed by atoms with van der Waals surface area (Å²) in [6.45, 7) is 2.59. The second-order valence-electron chi connectivity index (χ2n) is 6.23. The van der Waals surface area contributed by atoms with Crippen molar-refractivity contribution in [3.05, 3.63) is 35.4 Å². The zero-order chi connectivity index (χ0) is 13.1. The van der Waals surface area contributed by atoms with Gasteiger partial charge in [-0.25, -0.2) is 0 Å². The van der Waals surface area contributed by atoms with Crippen LogP contribution < -0.4 is 5.73 Å². The van der Waals surface area contributed by atoms with Crippen molar-refractivity contribution in [2.75, 3.05) is 19.8 Å². The molecule has 2 fully saturated rings. The van der Waals surface area contributed by atoms with Gasteiger partial charge in [0.15, 0.2) is 0 Å². The highest BCUT2D eigenvalue weighted by Gasteiger charge is 2.33. The van der Waals surface area contributed by atoms with Gasteiger partial charge in [-0.3, -0.25) is 0 Å². The van der Waals surface area contributed by atoms with Crippen LogP contribution in [0, 0.1) is 0 Å². The third-order valence-corrected chi connectivity index (χ3v) is 5.10. The monoisotopic (exact) mass is 259 g/mol. The van der Waals surface area contributed by atoms with Crippen LogP contribution in [-0.4, -0.2) is 19.8 Å². The topological polar surface area (TPSA) is 35.2 Å². The third-order valence-electron chi connectivity index (χ3n) is 5.10. The zero-order valence-electron chi connectivity index (χ0n) is 11.7. The van der Waals surface area contributed by atoms with Crippen LogP contribution in [0.2, 0.25) is 0 Å². The second-order valence-corrected chi connectivity index (χ2v) is 6.23. The first-order valence-corrected chi connectivity index (χ1v) is 7.72. The molecule has 0 spiro atoms. The minimum absolute atomic E-state index is 0.244. The van der Waals surface area contributed by atoms with Crippen molar-refractivity contribution in [3.8, 4) is 0 Å². The summed E-state index contributed by atoms with van der Waals surface area (Å²) >= 11 is 0. The summed E-state index contributed by atoms with van der Waals surface area (Å²) in [5, 5.41) is 0. The summed E-state index contributed by atoms with van der Waals surface area (Å²) in [5.41, 5.74) is 9.32. The fourth-order valence-corrected chi connectivity index (χ4v) is 3.76. The highest BCUT2D eigenvalue weighted by Crippen LogP contribution is 2.39. The lowest BCUT2D eigenvalue weighted by molar-refractivity contribution is 0.194. The number of hydrogen-bond donors (Lipinski definition) is 1. The molecule has 1 saturated carbocycles. The maximum absolute atomic E-state index is 6.15. The van der Waals surface area contributed by atoms with Gasteiger partial charge in [0.25, 0.3) is 0 Å². The fourth-order valence-electron chi connectivity index (χ4n) is 3.76. The molecule has 0 amide bonds. The molecule has 2 nitrogen and oxygen atoms in total. The average Bonchev–Trinajstić information content (AvgIpc) is 3.02. The van der Waals surface area contributed by atoms with E-state index in [-0.39, 0.29) is 5.41 Å². The number of nitrogens with two attached hydrogens (primary N) is 1. The number of rotatable bonds is 3. The van der Waals surface area contributed by atoms with Crippen LogP contribution >= 0.6 is 0 Å². The molecule has 1 aliphatic heterocycles. The lowest BCUT2D eigenvalue weighted by Gasteiger charge is -2.37. The summed E-state index contributed by atoms with van der Waals surface area (Å²) < 4.78 is 5.52. The standard InChI is InChI=1S/C17H25NO/c18-13-17(8-2-1-3-9-17)16-6-4-5-14(11-16)15-7-10-19-12-15/h4-6,11,15H,1-3,7-10,12-13,18H2. The van der Waals surface area contributed by atoms with Crippen molar-refractivity contribution in [3.63, 3.8) is 0 Å². The van der Waals surface area contributed by atoms with Crippen molar-refractivity contribution >= 4 is 0 Å². The second kappa shape index (κ2) is 5.64. The maximum atomic E-state index is 6.15. The lowest BCUT2D eigenvalue weighted by atomic mass is 9.69. The average molecular weight is 259 g/mol.